The van der Waals surface area contributed by atoms with E-state index in [0.29, 0.717) is 30.8 Å². The molecule has 1 heterocycles. The van der Waals surface area contributed by atoms with Crippen molar-refractivity contribution in [2.45, 2.75) is 103 Å². The van der Waals surface area contributed by atoms with E-state index in [1.165, 1.54) is 23.8 Å². The van der Waals surface area contributed by atoms with Gasteiger partial charge in [-0.15, -0.1) is 10.2 Å². The van der Waals surface area contributed by atoms with Crippen LogP contribution in [0.15, 0.2) is 42.5 Å². The summed E-state index contributed by atoms with van der Waals surface area (Å²) in [7, 11) is 0. The first-order chi connectivity index (χ1) is 18.5. The molecule has 3 N–H and O–H groups in total. The molecule has 212 valence electrons. The monoisotopic (exact) mass is 555 g/mol. The van der Waals surface area contributed by atoms with Gasteiger partial charge in [-0.2, -0.15) is 0 Å². The van der Waals surface area contributed by atoms with Crippen LogP contribution in [-0.4, -0.2) is 45.8 Å². The minimum Gasteiger partial charge on any atom is -0.444 e. The Labute approximate surface area is 235 Å². The Morgan fingerprint density at radius 3 is 2.44 bits per heavy atom. The maximum absolute atomic E-state index is 13.2. The van der Waals surface area contributed by atoms with Crippen LogP contribution in [0.3, 0.4) is 0 Å². The molecule has 0 saturated heterocycles. The summed E-state index contributed by atoms with van der Waals surface area (Å²) < 4.78 is 5.34. The fraction of sp³-hybridized carbons (Fsp3) is 0.552. The Hall–Kier alpha value is -3.27. The van der Waals surface area contributed by atoms with Crippen LogP contribution in [0, 0.1) is 0 Å². The summed E-state index contributed by atoms with van der Waals surface area (Å²) >= 11 is 1.41. The number of hydrogen-bond acceptors (Lipinski definition) is 7. The van der Waals surface area contributed by atoms with Gasteiger partial charge in [0.15, 0.2) is 0 Å². The van der Waals surface area contributed by atoms with E-state index in [0.717, 1.165) is 23.4 Å². The SMILES string of the molecule is CCC[C@H](NC(=O)OC(C)(C)C)C(=O)N[C@H](/C=C/C(=O)Nc1nnc(C2(C)CCC2)s1)CCc1ccccc1. The van der Waals surface area contributed by atoms with Gasteiger partial charge in [0.25, 0.3) is 0 Å². The second-order valence-electron chi connectivity index (χ2n) is 11.3. The zero-order valence-corrected chi connectivity index (χ0v) is 24.4. The lowest BCUT2D eigenvalue weighted by atomic mass is 9.71. The van der Waals surface area contributed by atoms with Gasteiger partial charge < -0.3 is 15.4 Å². The standard InChI is InChI=1S/C29H41N5O4S/c1-6-11-22(31-27(37)38-28(2,3)4)24(36)30-21(15-14-20-12-8-7-9-13-20)16-17-23(35)32-26-34-33-25(39-26)29(5)18-10-19-29/h7-9,12-13,16-17,21-22H,6,10-11,14-15,18-19H2,1-5H3,(H,30,36)(H,31,37)(H,32,34,35)/b17-16+/t21-,22-/m0/s1. The number of anilines is 1. The second kappa shape index (κ2) is 13.7. The Kier molecular flexibility index (Phi) is 10.6. The van der Waals surface area contributed by atoms with Crippen LogP contribution in [0.5, 0.6) is 0 Å². The molecule has 1 aromatic heterocycles. The highest BCUT2D eigenvalue weighted by Gasteiger charge is 2.37. The quantitative estimate of drug-likeness (QED) is 0.306. The minimum absolute atomic E-state index is 0.0612. The number of aromatic nitrogens is 2. The number of rotatable bonds is 12. The van der Waals surface area contributed by atoms with Gasteiger partial charge in [-0.25, -0.2) is 4.79 Å². The summed E-state index contributed by atoms with van der Waals surface area (Å²) in [5, 5.41) is 18.3. The molecule has 0 spiro atoms. The molecule has 2 aromatic rings. The van der Waals surface area contributed by atoms with Gasteiger partial charge in [0.1, 0.15) is 16.7 Å². The van der Waals surface area contributed by atoms with E-state index in [4.69, 9.17) is 4.74 Å². The third-order valence-corrected chi connectivity index (χ3v) is 7.75. The van der Waals surface area contributed by atoms with Crippen molar-refractivity contribution in [3.63, 3.8) is 0 Å². The van der Waals surface area contributed by atoms with Crippen molar-refractivity contribution >= 4 is 34.4 Å². The Morgan fingerprint density at radius 2 is 1.82 bits per heavy atom. The second-order valence-corrected chi connectivity index (χ2v) is 12.3. The van der Waals surface area contributed by atoms with Gasteiger partial charge in [-0.05, 0) is 58.4 Å². The lowest BCUT2D eigenvalue weighted by molar-refractivity contribution is -0.124. The molecule has 0 radical (unpaired) electrons. The zero-order valence-electron chi connectivity index (χ0n) is 23.6. The molecule has 1 aliphatic rings. The number of ether oxygens (including phenoxy) is 1. The highest BCUT2D eigenvalue weighted by atomic mass is 32.1. The summed E-state index contributed by atoms with van der Waals surface area (Å²) in [6.45, 7) is 9.43. The van der Waals surface area contributed by atoms with E-state index in [2.05, 4.69) is 33.1 Å². The summed E-state index contributed by atoms with van der Waals surface area (Å²) in [6, 6.07) is 8.75. The van der Waals surface area contributed by atoms with Crippen LogP contribution >= 0.6 is 11.3 Å². The number of nitrogens with one attached hydrogen (secondary N) is 3. The molecule has 1 fully saturated rings. The Balaban J connectivity index is 1.65. The highest BCUT2D eigenvalue weighted by Crippen LogP contribution is 2.44. The minimum atomic E-state index is -0.751. The molecule has 0 bridgehead atoms. The van der Waals surface area contributed by atoms with Crippen molar-refractivity contribution in [1.29, 1.82) is 0 Å². The Morgan fingerprint density at radius 1 is 1.10 bits per heavy atom. The van der Waals surface area contributed by atoms with Crippen molar-refractivity contribution in [2.24, 2.45) is 0 Å². The van der Waals surface area contributed by atoms with Crippen molar-refractivity contribution in [2.75, 3.05) is 5.32 Å². The summed E-state index contributed by atoms with van der Waals surface area (Å²) in [4.78, 5) is 38.2. The molecular weight excluding hydrogens is 514 g/mol. The van der Waals surface area contributed by atoms with Crippen LogP contribution in [0.25, 0.3) is 0 Å². The molecule has 1 saturated carbocycles. The van der Waals surface area contributed by atoms with Gasteiger partial charge in [-0.1, -0.05) is 74.4 Å². The molecule has 39 heavy (non-hydrogen) atoms. The number of nitrogens with zero attached hydrogens (tertiary/aromatic N) is 2. The summed E-state index contributed by atoms with van der Waals surface area (Å²) in [6.07, 6.45) is 8.24. The molecule has 1 aromatic carbocycles. The molecule has 3 amide bonds. The van der Waals surface area contributed by atoms with E-state index in [-0.39, 0.29) is 17.2 Å². The third kappa shape index (κ3) is 9.76. The smallest absolute Gasteiger partial charge is 0.408 e. The predicted octanol–water partition coefficient (Wildman–Crippen LogP) is 5.29. The molecule has 0 aliphatic heterocycles. The van der Waals surface area contributed by atoms with Gasteiger partial charge in [0.2, 0.25) is 16.9 Å². The first-order valence-electron chi connectivity index (χ1n) is 13.6. The first-order valence-corrected chi connectivity index (χ1v) is 14.5. The average Bonchev–Trinajstić information content (AvgIpc) is 3.32. The van der Waals surface area contributed by atoms with E-state index in [1.807, 2.05) is 37.3 Å². The number of alkyl carbamates (subject to hydrolysis) is 1. The molecule has 2 atom stereocenters. The van der Waals surface area contributed by atoms with Gasteiger partial charge >= 0.3 is 6.09 Å². The van der Waals surface area contributed by atoms with Crippen LogP contribution < -0.4 is 16.0 Å². The largest absolute Gasteiger partial charge is 0.444 e. The van der Waals surface area contributed by atoms with Crippen molar-refractivity contribution in [3.05, 3.63) is 53.1 Å². The average molecular weight is 556 g/mol. The molecule has 3 rings (SSSR count). The fourth-order valence-electron chi connectivity index (χ4n) is 4.26. The van der Waals surface area contributed by atoms with E-state index >= 15 is 0 Å². The molecule has 1 aliphatic carbocycles. The van der Waals surface area contributed by atoms with E-state index in [1.54, 1.807) is 26.8 Å². The van der Waals surface area contributed by atoms with E-state index in [9.17, 15) is 14.4 Å². The number of carbonyl (C=O) groups excluding carboxylic acids is 3. The van der Waals surface area contributed by atoms with Crippen molar-refractivity contribution in [1.82, 2.24) is 20.8 Å². The Bertz CT molecular complexity index is 1140. The van der Waals surface area contributed by atoms with Crippen LogP contribution in [0.2, 0.25) is 0 Å². The molecule has 9 nitrogen and oxygen atoms in total. The van der Waals surface area contributed by atoms with E-state index < -0.39 is 23.8 Å². The molecule has 10 heteroatoms. The van der Waals surface area contributed by atoms with Crippen LogP contribution in [0.1, 0.15) is 83.7 Å². The first kappa shape index (κ1) is 30.3. The summed E-state index contributed by atoms with van der Waals surface area (Å²) in [5.41, 5.74) is 0.512. The number of carbonyl (C=O) groups is 3. The topological polar surface area (TPSA) is 122 Å². The molecular formula is C29H41N5O4S. The maximum Gasteiger partial charge on any atom is 0.408 e. The number of benzene rings is 1. The number of aryl methyl sites for hydroxylation is 1. The van der Waals surface area contributed by atoms with Gasteiger partial charge in [0.05, 0.1) is 0 Å². The van der Waals surface area contributed by atoms with Crippen molar-refractivity contribution < 1.29 is 19.1 Å². The lowest BCUT2D eigenvalue weighted by Gasteiger charge is -2.35. The predicted molar refractivity (Wildman–Crippen MR) is 154 cm³/mol. The summed E-state index contributed by atoms with van der Waals surface area (Å²) in [5.74, 6) is -0.666. The highest BCUT2D eigenvalue weighted by molar-refractivity contribution is 7.15. The maximum atomic E-state index is 13.2. The molecule has 0 unspecified atom stereocenters. The van der Waals surface area contributed by atoms with Crippen LogP contribution in [0.4, 0.5) is 9.93 Å². The number of amides is 3. The van der Waals surface area contributed by atoms with Crippen LogP contribution in [-0.2, 0) is 26.2 Å². The third-order valence-electron chi connectivity index (χ3n) is 6.61. The lowest BCUT2D eigenvalue weighted by Crippen LogP contribution is -2.50. The fourth-order valence-corrected chi connectivity index (χ4v) is 5.21. The van der Waals surface area contributed by atoms with Crippen molar-refractivity contribution in [3.8, 4) is 0 Å². The number of hydrogen-bond donors (Lipinski definition) is 3. The van der Waals surface area contributed by atoms with Gasteiger partial charge in [0, 0.05) is 17.5 Å². The van der Waals surface area contributed by atoms with Gasteiger partial charge in [-0.3, -0.25) is 14.9 Å². The zero-order chi connectivity index (χ0) is 28.5. The normalized spacial score (nSPS) is 16.1.